The van der Waals surface area contributed by atoms with Crippen LogP contribution in [0.25, 0.3) is 0 Å². The molecule has 0 aliphatic carbocycles. The number of aromatic nitrogens is 1. The number of alkyl halides is 2. The third-order valence-corrected chi connectivity index (χ3v) is 3.35. The van der Waals surface area contributed by atoms with Gasteiger partial charge in [0.1, 0.15) is 11.0 Å². The zero-order valence-electron chi connectivity index (χ0n) is 9.78. The minimum absolute atomic E-state index is 0.0121. The van der Waals surface area contributed by atoms with E-state index in [0.717, 1.165) is 0 Å². The molecule has 0 amide bonds. The van der Waals surface area contributed by atoms with E-state index in [4.69, 9.17) is 16.9 Å². The molecular formula is C12H12ClF2N3. The Hall–Kier alpha value is -1.41. The molecule has 96 valence electrons. The zero-order chi connectivity index (χ0) is 13.3. The van der Waals surface area contributed by atoms with Gasteiger partial charge in [-0.15, -0.1) is 0 Å². The molecule has 3 nitrogen and oxygen atoms in total. The Morgan fingerprint density at radius 3 is 2.83 bits per heavy atom. The molecule has 6 heteroatoms. The van der Waals surface area contributed by atoms with E-state index >= 15 is 0 Å². The molecule has 1 saturated heterocycles. The molecule has 0 saturated carbocycles. The lowest BCUT2D eigenvalue weighted by molar-refractivity contribution is 0.151. The van der Waals surface area contributed by atoms with Crippen LogP contribution in [-0.2, 0) is 0 Å². The summed E-state index contributed by atoms with van der Waals surface area (Å²) in [6.45, 7) is 2.32. The molecule has 2 atom stereocenters. The van der Waals surface area contributed by atoms with Crippen molar-refractivity contribution in [2.45, 2.75) is 25.8 Å². The number of hydrogen-bond acceptors (Lipinski definition) is 3. The minimum Gasteiger partial charge on any atom is -0.352 e. The van der Waals surface area contributed by atoms with Gasteiger partial charge < -0.3 is 4.90 Å². The van der Waals surface area contributed by atoms with Crippen LogP contribution >= 0.6 is 11.6 Å². The number of pyridine rings is 1. The molecule has 1 aromatic rings. The summed E-state index contributed by atoms with van der Waals surface area (Å²) < 4.78 is 25.9. The lowest BCUT2D eigenvalue weighted by Crippen LogP contribution is -2.28. The van der Waals surface area contributed by atoms with Crippen molar-refractivity contribution in [2.75, 3.05) is 11.4 Å². The summed E-state index contributed by atoms with van der Waals surface area (Å²) in [4.78, 5) is 5.73. The molecule has 2 heterocycles. The van der Waals surface area contributed by atoms with Gasteiger partial charge in [-0.25, -0.2) is 13.8 Å². The normalized spacial score (nSPS) is 23.4. The lowest BCUT2D eigenvalue weighted by atomic mass is 10.1. The largest absolute Gasteiger partial charge is 0.352 e. The van der Waals surface area contributed by atoms with E-state index in [1.807, 2.05) is 6.92 Å². The van der Waals surface area contributed by atoms with E-state index in [-0.39, 0.29) is 28.5 Å². The first-order valence-corrected chi connectivity index (χ1v) is 6.01. The monoisotopic (exact) mass is 271 g/mol. The molecule has 1 aliphatic heterocycles. The molecule has 0 spiro atoms. The third-order valence-electron chi connectivity index (χ3n) is 3.14. The van der Waals surface area contributed by atoms with Crippen LogP contribution in [0.15, 0.2) is 12.1 Å². The van der Waals surface area contributed by atoms with Crippen LogP contribution in [0, 0.1) is 17.2 Å². The van der Waals surface area contributed by atoms with Gasteiger partial charge in [-0.2, -0.15) is 5.26 Å². The van der Waals surface area contributed by atoms with Crippen LogP contribution in [0.4, 0.5) is 14.6 Å². The van der Waals surface area contributed by atoms with Crippen LogP contribution in [-0.4, -0.2) is 17.6 Å². The van der Waals surface area contributed by atoms with Gasteiger partial charge in [-0.3, -0.25) is 0 Å². The van der Waals surface area contributed by atoms with Gasteiger partial charge in [-0.1, -0.05) is 11.6 Å². The smallest absolute Gasteiger partial charge is 0.267 e. The van der Waals surface area contributed by atoms with Crippen LogP contribution in [0.5, 0.6) is 0 Å². The Morgan fingerprint density at radius 2 is 2.28 bits per heavy atom. The first kappa shape index (κ1) is 13.0. The maximum atomic E-state index is 12.9. The Balaban J connectivity index is 2.38. The number of nitrogens with zero attached hydrogens (tertiary/aromatic N) is 3. The molecule has 18 heavy (non-hydrogen) atoms. The highest BCUT2D eigenvalue weighted by Crippen LogP contribution is 2.35. The molecule has 1 fully saturated rings. The Bertz CT molecular complexity index is 487. The van der Waals surface area contributed by atoms with Crippen LogP contribution in [0.1, 0.15) is 25.3 Å². The number of halogens is 3. The van der Waals surface area contributed by atoms with E-state index in [1.165, 1.54) is 12.1 Å². The van der Waals surface area contributed by atoms with Gasteiger partial charge in [0.05, 0.1) is 17.6 Å². The number of nitriles is 1. The van der Waals surface area contributed by atoms with Gasteiger partial charge in [0.2, 0.25) is 0 Å². The summed E-state index contributed by atoms with van der Waals surface area (Å²) in [6.07, 6.45) is -1.94. The maximum Gasteiger partial charge on any atom is 0.267 e. The molecule has 0 unspecified atom stereocenters. The Kier molecular flexibility index (Phi) is 3.67. The van der Waals surface area contributed by atoms with E-state index in [2.05, 4.69) is 11.1 Å². The fraction of sp³-hybridized carbons (Fsp3) is 0.500. The second-order valence-corrected chi connectivity index (χ2v) is 4.80. The summed E-state index contributed by atoms with van der Waals surface area (Å²) in [5.74, 6) is 0.0501. The quantitative estimate of drug-likeness (QED) is 0.774. The third kappa shape index (κ3) is 2.39. The molecule has 2 rings (SSSR count). The molecule has 0 radical (unpaired) electrons. The molecule has 1 aromatic heterocycles. The molecule has 0 aromatic carbocycles. The topological polar surface area (TPSA) is 39.9 Å². The van der Waals surface area contributed by atoms with Crippen molar-refractivity contribution in [3.05, 3.63) is 22.8 Å². The summed E-state index contributed by atoms with van der Waals surface area (Å²) in [7, 11) is 0. The molecule has 1 aliphatic rings. The summed E-state index contributed by atoms with van der Waals surface area (Å²) >= 11 is 5.77. The van der Waals surface area contributed by atoms with Crippen molar-refractivity contribution in [3.8, 4) is 6.07 Å². The first-order valence-electron chi connectivity index (χ1n) is 5.63. The van der Waals surface area contributed by atoms with E-state index in [0.29, 0.717) is 13.0 Å². The molecular weight excluding hydrogens is 260 g/mol. The van der Waals surface area contributed by atoms with Gasteiger partial charge in [0.25, 0.3) is 6.43 Å². The Morgan fingerprint density at radius 1 is 1.56 bits per heavy atom. The number of rotatable bonds is 2. The average molecular weight is 272 g/mol. The molecule has 0 bridgehead atoms. The fourth-order valence-corrected chi connectivity index (χ4v) is 2.40. The van der Waals surface area contributed by atoms with E-state index < -0.39 is 6.43 Å². The standard InChI is InChI=1S/C12H12ClF2N3/c1-7-4-8(5-16)6-18(7)12-9(11(14)15)2-3-10(13)17-12/h2-3,7-8,11H,4,6H2,1H3/t7-,8-/m0/s1. The lowest BCUT2D eigenvalue weighted by Gasteiger charge is -2.24. The highest BCUT2D eigenvalue weighted by molar-refractivity contribution is 6.29. The second kappa shape index (κ2) is 5.07. The zero-order valence-corrected chi connectivity index (χ0v) is 10.5. The van der Waals surface area contributed by atoms with Crippen molar-refractivity contribution >= 4 is 17.4 Å². The summed E-state index contributed by atoms with van der Waals surface area (Å²) in [5, 5.41) is 9.09. The van der Waals surface area contributed by atoms with Crippen molar-refractivity contribution in [3.63, 3.8) is 0 Å². The van der Waals surface area contributed by atoms with Crippen molar-refractivity contribution < 1.29 is 8.78 Å². The SMILES string of the molecule is C[C@H]1C[C@@H](C#N)CN1c1nc(Cl)ccc1C(F)F. The highest BCUT2D eigenvalue weighted by atomic mass is 35.5. The van der Waals surface area contributed by atoms with Gasteiger partial charge in [-0.05, 0) is 25.5 Å². The number of anilines is 1. The van der Waals surface area contributed by atoms with Crippen LogP contribution in [0.3, 0.4) is 0 Å². The second-order valence-electron chi connectivity index (χ2n) is 4.41. The van der Waals surface area contributed by atoms with Crippen LogP contribution in [0.2, 0.25) is 5.15 Å². The predicted molar refractivity (Wildman–Crippen MR) is 64.7 cm³/mol. The number of hydrogen-bond donors (Lipinski definition) is 0. The van der Waals surface area contributed by atoms with Crippen molar-refractivity contribution in [2.24, 2.45) is 5.92 Å². The maximum absolute atomic E-state index is 12.9. The van der Waals surface area contributed by atoms with Gasteiger partial charge in [0, 0.05) is 12.6 Å². The van der Waals surface area contributed by atoms with Gasteiger partial charge >= 0.3 is 0 Å². The first-order chi connectivity index (χ1) is 8.52. The molecule has 0 N–H and O–H groups in total. The summed E-state index contributed by atoms with van der Waals surface area (Å²) in [5.41, 5.74) is -0.134. The fourth-order valence-electron chi connectivity index (χ4n) is 2.26. The minimum atomic E-state index is -2.60. The average Bonchev–Trinajstić information content (AvgIpc) is 2.70. The van der Waals surface area contributed by atoms with Crippen molar-refractivity contribution in [1.29, 1.82) is 5.26 Å². The summed E-state index contributed by atoms with van der Waals surface area (Å²) in [6, 6.07) is 4.83. The van der Waals surface area contributed by atoms with Crippen LogP contribution < -0.4 is 4.90 Å². The van der Waals surface area contributed by atoms with Crippen molar-refractivity contribution in [1.82, 2.24) is 4.98 Å². The highest BCUT2D eigenvalue weighted by Gasteiger charge is 2.32. The predicted octanol–water partition coefficient (Wildman–Crippen LogP) is 3.41. The van der Waals surface area contributed by atoms with E-state index in [1.54, 1.807) is 4.90 Å². The Labute approximate surface area is 109 Å². The van der Waals surface area contributed by atoms with Gasteiger partial charge in [0.15, 0.2) is 0 Å². The van der Waals surface area contributed by atoms with E-state index in [9.17, 15) is 8.78 Å².